The molecule has 0 amide bonds. The summed E-state index contributed by atoms with van der Waals surface area (Å²) in [6, 6.07) is 0. The van der Waals surface area contributed by atoms with E-state index in [1.807, 2.05) is 12.2 Å². The first-order valence-corrected chi connectivity index (χ1v) is 2.41. The Morgan fingerprint density at radius 3 is 2.14 bits per heavy atom. The van der Waals surface area contributed by atoms with Gasteiger partial charge in [0, 0.05) is 0 Å². The van der Waals surface area contributed by atoms with E-state index in [-0.39, 0.29) is 6.10 Å². The molecule has 38 valence electrons. The lowest BCUT2D eigenvalue weighted by atomic mass is 10.2. The predicted octanol–water partition coefficient (Wildman–Crippen LogP) is 0.863. The van der Waals surface area contributed by atoms with Crippen LogP contribution in [-0.4, -0.2) is 11.2 Å². The summed E-state index contributed by atoms with van der Waals surface area (Å²) in [6.45, 7) is 0. The van der Waals surface area contributed by atoms with E-state index in [0.717, 1.165) is 6.42 Å². The third-order valence-electron chi connectivity index (χ3n) is 0.939. The van der Waals surface area contributed by atoms with E-state index in [4.69, 9.17) is 5.11 Å². The number of aliphatic hydroxyl groups is 1. The smallest absolute Gasteiger partial charge is 0.0902 e. The summed E-state index contributed by atoms with van der Waals surface area (Å²) in [7, 11) is 0. The lowest BCUT2D eigenvalue weighted by Crippen LogP contribution is -1.97. The third-order valence-corrected chi connectivity index (χ3v) is 0.939. The van der Waals surface area contributed by atoms with Crippen molar-refractivity contribution >= 4 is 0 Å². The van der Waals surface area contributed by atoms with Gasteiger partial charge in [-0.2, -0.15) is 0 Å². The lowest BCUT2D eigenvalue weighted by molar-refractivity contribution is 0.269. The Morgan fingerprint density at radius 2 is 1.86 bits per heavy atom. The van der Waals surface area contributed by atoms with Gasteiger partial charge >= 0.3 is 0 Å². The molecule has 1 aliphatic carbocycles. The molecule has 0 atom stereocenters. The molecule has 0 fully saturated rings. The first-order chi connectivity index (χ1) is 3.39. The molecule has 0 bridgehead atoms. The number of allylic oxidation sites excluding steroid dienone is 2. The van der Waals surface area contributed by atoms with Crippen molar-refractivity contribution in [1.82, 2.24) is 0 Å². The molecule has 0 aliphatic heterocycles. The van der Waals surface area contributed by atoms with E-state index in [9.17, 15) is 0 Å². The van der Waals surface area contributed by atoms with Crippen molar-refractivity contribution in [3.05, 3.63) is 24.3 Å². The van der Waals surface area contributed by atoms with Gasteiger partial charge in [-0.05, 0) is 6.42 Å². The lowest BCUT2D eigenvalue weighted by Gasteiger charge is -1.99. The summed E-state index contributed by atoms with van der Waals surface area (Å²) in [5, 5.41) is 8.74. The summed E-state index contributed by atoms with van der Waals surface area (Å²) in [6.07, 6.45) is 8.10. The highest BCUT2D eigenvalue weighted by atomic mass is 16.3. The number of aliphatic hydroxyl groups excluding tert-OH is 1. The maximum atomic E-state index is 8.74. The fourth-order valence-electron chi connectivity index (χ4n) is 0.579. The predicted molar refractivity (Wildman–Crippen MR) is 28.9 cm³/mol. The van der Waals surface area contributed by atoms with E-state index in [1.165, 1.54) is 0 Å². The van der Waals surface area contributed by atoms with Crippen LogP contribution in [0, 0.1) is 0 Å². The number of rotatable bonds is 0. The van der Waals surface area contributed by atoms with Gasteiger partial charge in [0.2, 0.25) is 0 Å². The minimum atomic E-state index is -0.325. The van der Waals surface area contributed by atoms with Gasteiger partial charge in [-0.3, -0.25) is 0 Å². The monoisotopic (exact) mass is 96.1 g/mol. The second-order valence-electron chi connectivity index (χ2n) is 1.58. The first-order valence-electron chi connectivity index (χ1n) is 2.41. The van der Waals surface area contributed by atoms with Gasteiger partial charge in [0.05, 0.1) is 6.10 Å². The van der Waals surface area contributed by atoms with Crippen LogP contribution in [0.15, 0.2) is 24.3 Å². The molecule has 0 aromatic carbocycles. The summed E-state index contributed by atoms with van der Waals surface area (Å²) in [5.41, 5.74) is 0. The summed E-state index contributed by atoms with van der Waals surface area (Å²) in [5.74, 6) is 0. The van der Waals surface area contributed by atoms with Crippen molar-refractivity contribution in [3.8, 4) is 0 Å². The maximum absolute atomic E-state index is 8.74. The summed E-state index contributed by atoms with van der Waals surface area (Å²) < 4.78 is 0. The van der Waals surface area contributed by atoms with Crippen LogP contribution in [0.1, 0.15) is 6.42 Å². The van der Waals surface area contributed by atoms with E-state index >= 15 is 0 Å². The molecule has 7 heavy (non-hydrogen) atoms. The van der Waals surface area contributed by atoms with Crippen LogP contribution in [0.25, 0.3) is 0 Å². The third kappa shape index (κ3) is 1.16. The fourth-order valence-corrected chi connectivity index (χ4v) is 0.579. The Morgan fingerprint density at radius 1 is 1.29 bits per heavy atom. The van der Waals surface area contributed by atoms with Crippen LogP contribution in [0.2, 0.25) is 0 Å². The SMILES string of the molecule is OC1C=CCC=C1. The minimum absolute atomic E-state index is 0.325. The Balaban J connectivity index is 2.49. The van der Waals surface area contributed by atoms with Crippen molar-refractivity contribution in [2.24, 2.45) is 0 Å². The van der Waals surface area contributed by atoms with Gasteiger partial charge < -0.3 is 5.11 Å². The maximum Gasteiger partial charge on any atom is 0.0902 e. The zero-order valence-electron chi connectivity index (χ0n) is 4.04. The van der Waals surface area contributed by atoms with E-state index < -0.39 is 0 Å². The van der Waals surface area contributed by atoms with Gasteiger partial charge in [0.1, 0.15) is 0 Å². The number of hydrogen-bond acceptors (Lipinski definition) is 1. The molecular weight excluding hydrogens is 88.1 g/mol. The molecule has 1 rings (SSSR count). The molecule has 0 aromatic heterocycles. The van der Waals surface area contributed by atoms with Crippen molar-refractivity contribution in [2.75, 3.05) is 0 Å². The van der Waals surface area contributed by atoms with Crippen LogP contribution in [0.4, 0.5) is 0 Å². The zero-order valence-corrected chi connectivity index (χ0v) is 4.04. The topological polar surface area (TPSA) is 20.2 Å². The molecule has 0 unspecified atom stereocenters. The number of hydrogen-bond donors (Lipinski definition) is 1. The molecule has 0 aromatic rings. The van der Waals surface area contributed by atoms with Gasteiger partial charge in [-0.25, -0.2) is 0 Å². The van der Waals surface area contributed by atoms with Gasteiger partial charge in [-0.15, -0.1) is 0 Å². The Hall–Kier alpha value is -0.560. The Labute approximate surface area is 43.0 Å². The van der Waals surface area contributed by atoms with Crippen molar-refractivity contribution in [2.45, 2.75) is 12.5 Å². The van der Waals surface area contributed by atoms with Crippen molar-refractivity contribution < 1.29 is 5.11 Å². The van der Waals surface area contributed by atoms with Crippen LogP contribution in [0.3, 0.4) is 0 Å². The highest BCUT2D eigenvalue weighted by Gasteiger charge is 1.91. The molecule has 0 radical (unpaired) electrons. The molecule has 0 saturated heterocycles. The molecular formula is C6H8O. The first kappa shape index (κ1) is 4.60. The molecule has 0 spiro atoms. The highest BCUT2D eigenvalue weighted by Crippen LogP contribution is 1.98. The van der Waals surface area contributed by atoms with Crippen LogP contribution < -0.4 is 0 Å². The van der Waals surface area contributed by atoms with Gasteiger partial charge in [-0.1, -0.05) is 24.3 Å². The van der Waals surface area contributed by atoms with Crippen LogP contribution in [0.5, 0.6) is 0 Å². The molecule has 0 saturated carbocycles. The van der Waals surface area contributed by atoms with Gasteiger partial charge in [0.25, 0.3) is 0 Å². The second kappa shape index (κ2) is 1.94. The molecule has 1 N–H and O–H groups in total. The quantitative estimate of drug-likeness (QED) is 0.443. The molecule has 1 nitrogen and oxygen atoms in total. The molecule has 1 heteroatoms. The Bertz CT molecular complexity index is 90.7. The molecule has 1 aliphatic rings. The van der Waals surface area contributed by atoms with Crippen LogP contribution in [-0.2, 0) is 0 Å². The zero-order chi connectivity index (χ0) is 5.11. The van der Waals surface area contributed by atoms with Crippen LogP contribution >= 0.6 is 0 Å². The summed E-state index contributed by atoms with van der Waals surface area (Å²) >= 11 is 0. The van der Waals surface area contributed by atoms with Crippen molar-refractivity contribution in [3.63, 3.8) is 0 Å². The Kier molecular flexibility index (Phi) is 1.27. The normalized spacial score (nSPS) is 20.7. The van der Waals surface area contributed by atoms with E-state index in [1.54, 1.807) is 12.2 Å². The summed E-state index contributed by atoms with van der Waals surface area (Å²) in [4.78, 5) is 0. The standard InChI is InChI=1S/C6H8O/c7-6-4-2-1-3-5-6/h2-7H,1H2. The average molecular weight is 96.1 g/mol. The largest absolute Gasteiger partial charge is 0.385 e. The second-order valence-corrected chi connectivity index (χ2v) is 1.58. The minimum Gasteiger partial charge on any atom is -0.385 e. The van der Waals surface area contributed by atoms with Gasteiger partial charge in [0.15, 0.2) is 0 Å². The van der Waals surface area contributed by atoms with E-state index in [0.29, 0.717) is 0 Å². The average Bonchev–Trinajstić information content (AvgIpc) is 1.69. The molecule has 0 heterocycles. The van der Waals surface area contributed by atoms with Crippen molar-refractivity contribution in [1.29, 1.82) is 0 Å². The van der Waals surface area contributed by atoms with E-state index in [2.05, 4.69) is 0 Å². The fraction of sp³-hybridized carbons (Fsp3) is 0.333. The highest BCUT2D eigenvalue weighted by molar-refractivity contribution is 5.09.